The van der Waals surface area contributed by atoms with E-state index in [2.05, 4.69) is 5.32 Å². The van der Waals surface area contributed by atoms with Crippen LogP contribution < -0.4 is 5.32 Å². The second kappa shape index (κ2) is 4.68. The van der Waals surface area contributed by atoms with Crippen molar-refractivity contribution < 1.29 is 14.7 Å². The highest BCUT2D eigenvalue weighted by atomic mass is 16.4. The molecule has 4 nitrogen and oxygen atoms in total. The van der Waals surface area contributed by atoms with Gasteiger partial charge in [0, 0.05) is 5.56 Å². The Kier molecular flexibility index (Phi) is 3.35. The van der Waals surface area contributed by atoms with Crippen molar-refractivity contribution >= 4 is 11.9 Å². The van der Waals surface area contributed by atoms with Crippen LogP contribution in [0.1, 0.15) is 41.3 Å². The van der Waals surface area contributed by atoms with Gasteiger partial charge in [-0.25, -0.2) is 4.79 Å². The van der Waals surface area contributed by atoms with Gasteiger partial charge in [0.05, 0.1) is 0 Å². The molecule has 1 amide bonds. The molecule has 1 unspecified atom stereocenters. The lowest BCUT2D eigenvalue weighted by molar-refractivity contribution is -0.144. The van der Waals surface area contributed by atoms with Crippen LogP contribution in [-0.2, 0) is 4.79 Å². The molecule has 0 saturated heterocycles. The maximum Gasteiger partial charge on any atom is 0.329 e. The lowest BCUT2D eigenvalue weighted by Gasteiger charge is -2.26. The van der Waals surface area contributed by atoms with Gasteiger partial charge in [0.25, 0.3) is 5.91 Å². The van der Waals surface area contributed by atoms with E-state index in [4.69, 9.17) is 0 Å². The Bertz CT molecular complexity index is 514. The van der Waals surface area contributed by atoms with E-state index in [1.165, 1.54) is 0 Å². The van der Waals surface area contributed by atoms with E-state index in [0.717, 1.165) is 24.0 Å². The van der Waals surface area contributed by atoms with Gasteiger partial charge in [0.15, 0.2) is 0 Å². The Balaban J connectivity index is 2.22. The lowest BCUT2D eigenvalue weighted by Crippen LogP contribution is -2.54. The van der Waals surface area contributed by atoms with Gasteiger partial charge in [0.2, 0.25) is 0 Å². The zero-order chi connectivity index (χ0) is 14.2. The molecule has 0 bridgehead atoms. The molecule has 1 aliphatic rings. The van der Waals surface area contributed by atoms with Crippen LogP contribution >= 0.6 is 0 Å². The summed E-state index contributed by atoms with van der Waals surface area (Å²) in [5.41, 5.74) is 1.35. The number of carboxylic acid groups (broad SMARTS) is 1. The van der Waals surface area contributed by atoms with Crippen molar-refractivity contribution in [3.63, 3.8) is 0 Å². The third-order valence-corrected chi connectivity index (χ3v) is 3.70. The van der Waals surface area contributed by atoms with Crippen LogP contribution in [0.25, 0.3) is 0 Å². The number of benzene rings is 1. The highest BCUT2D eigenvalue weighted by Crippen LogP contribution is 2.39. The molecule has 1 saturated carbocycles. The Morgan fingerprint density at radius 3 is 2.16 bits per heavy atom. The van der Waals surface area contributed by atoms with E-state index >= 15 is 0 Å². The predicted molar refractivity (Wildman–Crippen MR) is 72.1 cm³/mol. The summed E-state index contributed by atoms with van der Waals surface area (Å²) in [6.07, 6.45) is 1.71. The number of amides is 1. The number of hydrogen-bond donors (Lipinski definition) is 2. The normalized spacial score (nSPS) is 17.6. The number of aliphatic carboxylic acids is 1. The Morgan fingerprint density at radius 2 is 1.74 bits per heavy atom. The molecule has 0 spiro atoms. The van der Waals surface area contributed by atoms with Crippen molar-refractivity contribution in [3.8, 4) is 0 Å². The summed E-state index contributed by atoms with van der Waals surface area (Å²) in [7, 11) is 0. The van der Waals surface area contributed by atoms with Crippen LogP contribution in [0, 0.1) is 19.8 Å². The lowest BCUT2D eigenvalue weighted by atomic mass is 9.95. The molecule has 1 aliphatic carbocycles. The third kappa shape index (κ3) is 2.78. The molecule has 1 aromatic rings. The van der Waals surface area contributed by atoms with Crippen LogP contribution in [0.4, 0.5) is 0 Å². The molecule has 0 aliphatic heterocycles. The quantitative estimate of drug-likeness (QED) is 0.873. The fourth-order valence-corrected chi connectivity index (χ4v) is 2.40. The number of nitrogens with one attached hydrogen (secondary N) is 1. The molecule has 102 valence electrons. The molecule has 0 heterocycles. The smallest absolute Gasteiger partial charge is 0.329 e. The highest BCUT2D eigenvalue weighted by Gasteiger charge is 2.48. The first-order valence-electron chi connectivity index (χ1n) is 6.47. The van der Waals surface area contributed by atoms with Crippen molar-refractivity contribution in [1.82, 2.24) is 5.32 Å². The van der Waals surface area contributed by atoms with Crippen LogP contribution in [-0.4, -0.2) is 22.5 Å². The van der Waals surface area contributed by atoms with Crippen molar-refractivity contribution in [1.29, 1.82) is 0 Å². The van der Waals surface area contributed by atoms with Crippen molar-refractivity contribution in [2.75, 3.05) is 0 Å². The summed E-state index contributed by atoms with van der Waals surface area (Å²) in [4.78, 5) is 23.6. The van der Waals surface area contributed by atoms with Gasteiger partial charge in [-0.05, 0) is 51.7 Å². The maximum absolute atomic E-state index is 12.2. The minimum absolute atomic E-state index is 0.0415. The summed E-state index contributed by atoms with van der Waals surface area (Å²) in [5.74, 6) is -1.24. The maximum atomic E-state index is 12.2. The standard InChI is InChI=1S/C15H19NO3/c1-9-6-10(2)8-11(7-9)13(17)16-15(3,14(18)19)12-4-5-12/h6-8,12H,4-5H2,1-3H3,(H,16,17)(H,18,19). The summed E-state index contributed by atoms with van der Waals surface area (Å²) in [6.45, 7) is 5.43. The molecule has 2 rings (SSSR count). The molecule has 1 atom stereocenters. The minimum atomic E-state index is -1.16. The summed E-state index contributed by atoms with van der Waals surface area (Å²) in [6, 6.07) is 5.53. The number of carbonyl (C=O) groups excluding carboxylic acids is 1. The fraction of sp³-hybridized carbons (Fsp3) is 0.467. The molecule has 0 aromatic heterocycles. The van der Waals surface area contributed by atoms with Gasteiger partial charge in [-0.15, -0.1) is 0 Å². The molecule has 0 radical (unpaired) electrons. The summed E-state index contributed by atoms with van der Waals surface area (Å²) < 4.78 is 0. The average Bonchev–Trinajstić information content (AvgIpc) is 3.10. The van der Waals surface area contributed by atoms with E-state index in [-0.39, 0.29) is 11.8 Å². The van der Waals surface area contributed by atoms with Gasteiger partial charge >= 0.3 is 5.97 Å². The Labute approximate surface area is 112 Å². The molecule has 2 N–H and O–H groups in total. The molecule has 4 heteroatoms. The van der Waals surface area contributed by atoms with Crippen LogP contribution in [0.15, 0.2) is 18.2 Å². The van der Waals surface area contributed by atoms with E-state index in [1.54, 1.807) is 19.1 Å². The number of carboxylic acids is 1. The van der Waals surface area contributed by atoms with Crippen molar-refractivity contribution in [2.24, 2.45) is 5.92 Å². The highest BCUT2D eigenvalue weighted by molar-refractivity contribution is 5.98. The van der Waals surface area contributed by atoms with Crippen molar-refractivity contribution in [3.05, 3.63) is 34.9 Å². The Hall–Kier alpha value is -1.84. The van der Waals surface area contributed by atoms with E-state index in [1.807, 2.05) is 19.9 Å². The van der Waals surface area contributed by atoms with Gasteiger partial charge in [-0.1, -0.05) is 17.2 Å². The first kappa shape index (κ1) is 13.6. The largest absolute Gasteiger partial charge is 0.480 e. The topological polar surface area (TPSA) is 66.4 Å². The fourth-order valence-electron chi connectivity index (χ4n) is 2.40. The number of carbonyl (C=O) groups is 2. The van der Waals surface area contributed by atoms with E-state index in [9.17, 15) is 14.7 Å². The van der Waals surface area contributed by atoms with E-state index < -0.39 is 11.5 Å². The summed E-state index contributed by atoms with van der Waals surface area (Å²) >= 11 is 0. The molecular formula is C15H19NO3. The minimum Gasteiger partial charge on any atom is -0.480 e. The zero-order valence-electron chi connectivity index (χ0n) is 11.5. The summed E-state index contributed by atoms with van der Waals surface area (Å²) in [5, 5.41) is 12.0. The molecule has 19 heavy (non-hydrogen) atoms. The van der Waals surface area contributed by atoms with Gasteiger partial charge in [0.1, 0.15) is 5.54 Å². The average molecular weight is 261 g/mol. The Morgan fingerprint density at radius 1 is 1.21 bits per heavy atom. The van der Waals surface area contributed by atoms with Gasteiger partial charge < -0.3 is 10.4 Å². The predicted octanol–water partition coefficient (Wildman–Crippen LogP) is 2.29. The number of aryl methyl sites for hydroxylation is 2. The number of hydrogen-bond acceptors (Lipinski definition) is 2. The molecule has 1 fully saturated rings. The SMILES string of the molecule is Cc1cc(C)cc(C(=O)NC(C)(C(=O)O)C2CC2)c1. The second-order valence-corrected chi connectivity index (χ2v) is 5.61. The first-order chi connectivity index (χ1) is 8.83. The molecular weight excluding hydrogens is 242 g/mol. The van der Waals surface area contributed by atoms with E-state index in [0.29, 0.717) is 5.56 Å². The van der Waals surface area contributed by atoms with Crippen LogP contribution in [0.2, 0.25) is 0 Å². The first-order valence-corrected chi connectivity index (χ1v) is 6.47. The second-order valence-electron chi connectivity index (χ2n) is 5.61. The van der Waals surface area contributed by atoms with Crippen LogP contribution in [0.5, 0.6) is 0 Å². The third-order valence-electron chi connectivity index (χ3n) is 3.70. The van der Waals surface area contributed by atoms with Gasteiger partial charge in [-0.2, -0.15) is 0 Å². The monoisotopic (exact) mass is 261 g/mol. The zero-order valence-corrected chi connectivity index (χ0v) is 11.5. The van der Waals surface area contributed by atoms with Gasteiger partial charge in [-0.3, -0.25) is 4.79 Å². The van der Waals surface area contributed by atoms with Crippen LogP contribution in [0.3, 0.4) is 0 Å². The number of rotatable bonds is 4. The van der Waals surface area contributed by atoms with Crippen molar-refractivity contribution in [2.45, 2.75) is 39.2 Å². The molecule has 1 aromatic carbocycles.